The van der Waals surface area contributed by atoms with Crippen LogP contribution in [0.5, 0.6) is 0 Å². The van der Waals surface area contributed by atoms with Gasteiger partial charge < -0.3 is 8.79 Å². The van der Waals surface area contributed by atoms with Crippen molar-refractivity contribution in [2.45, 2.75) is 0 Å². The summed E-state index contributed by atoms with van der Waals surface area (Å²) >= 11 is 1.50. The number of fused-ring (bicyclic) bond motifs is 1. The number of aromatic nitrogens is 1. The SMILES string of the molecule is c1ccc2occs[nH]c2c1. The Morgan fingerprint density at radius 2 is 2.18 bits per heavy atom. The van der Waals surface area contributed by atoms with Crippen molar-refractivity contribution in [2.75, 3.05) is 0 Å². The van der Waals surface area contributed by atoms with Crippen LogP contribution in [-0.4, -0.2) is 4.37 Å². The number of rotatable bonds is 0. The largest absolute Gasteiger partial charge is 0.462 e. The minimum atomic E-state index is 0.869. The van der Waals surface area contributed by atoms with E-state index in [1.807, 2.05) is 29.6 Å². The highest BCUT2D eigenvalue weighted by Crippen LogP contribution is 2.08. The third-order valence-corrected chi connectivity index (χ3v) is 1.96. The lowest BCUT2D eigenvalue weighted by atomic mass is 10.3. The average molecular weight is 165 g/mol. The molecule has 1 aromatic carbocycles. The Hall–Kier alpha value is -1.22. The van der Waals surface area contributed by atoms with Gasteiger partial charge in [0, 0.05) is 5.38 Å². The summed E-state index contributed by atoms with van der Waals surface area (Å²) in [7, 11) is 0. The van der Waals surface area contributed by atoms with E-state index in [9.17, 15) is 0 Å². The molecule has 2 aromatic rings. The molecule has 0 spiro atoms. The Bertz CT molecular complexity index is 348. The van der Waals surface area contributed by atoms with Crippen LogP contribution in [0.15, 0.2) is 40.3 Å². The number of aromatic amines is 1. The molecule has 56 valence electrons. The van der Waals surface area contributed by atoms with E-state index in [2.05, 4.69) is 4.37 Å². The molecule has 3 heteroatoms. The number of hydrogen-bond acceptors (Lipinski definition) is 2. The van der Waals surface area contributed by atoms with Crippen LogP contribution in [0.1, 0.15) is 0 Å². The van der Waals surface area contributed by atoms with Crippen molar-refractivity contribution in [2.24, 2.45) is 0 Å². The molecule has 0 aliphatic carbocycles. The van der Waals surface area contributed by atoms with Gasteiger partial charge >= 0.3 is 0 Å². The maximum atomic E-state index is 5.28. The lowest BCUT2D eigenvalue weighted by molar-refractivity contribution is 0.608. The van der Waals surface area contributed by atoms with E-state index in [1.54, 1.807) is 6.26 Å². The second kappa shape index (κ2) is 2.80. The molecule has 0 unspecified atom stereocenters. The molecule has 1 aromatic heterocycles. The number of nitrogens with one attached hydrogen (secondary N) is 1. The summed E-state index contributed by atoms with van der Waals surface area (Å²) in [5.41, 5.74) is 1.89. The average Bonchev–Trinajstić information content (AvgIpc) is 2.28. The molecule has 2 rings (SSSR count). The number of benzene rings is 1. The van der Waals surface area contributed by atoms with Crippen LogP contribution in [-0.2, 0) is 0 Å². The molecule has 0 fully saturated rings. The summed E-state index contributed by atoms with van der Waals surface area (Å²) in [4.78, 5) is 0. The first-order chi connectivity index (χ1) is 5.47. The maximum absolute atomic E-state index is 5.28. The zero-order chi connectivity index (χ0) is 7.52. The van der Waals surface area contributed by atoms with E-state index in [0.717, 1.165) is 11.1 Å². The standard InChI is InChI=1S/C8H7NOS/c1-2-4-8-7(3-1)9-11-6-5-10-8/h1-6,9H. The predicted molar refractivity (Wildman–Crippen MR) is 46.1 cm³/mol. The lowest BCUT2D eigenvalue weighted by Gasteiger charge is -1.86. The van der Waals surface area contributed by atoms with Gasteiger partial charge in [-0.3, -0.25) is 0 Å². The monoisotopic (exact) mass is 165 g/mol. The van der Waals surface area contributed by atoms with Crippen LogP contribution in [0.25, 0.3) is 11.1 Å². The normalized spacial score (nSPS) is 9.82. The summed E-state index contributed by atoms with van der Waals surface area (Å²) in [6.07, 6.45) is 1.67. The van der Waals surface area contributed by atoms with Crippen LogP contribution in [0.4, 0.5) is 0 Å². The van der Waals surface area contributed by atoms with Gasteiger partial charge in [0.25, 0.3) is 0 Å². The Morgan fingerprint density at radius 3 is 3.18 bits per heavy atom. The molecule has 1 N–H and O–H groups in total. The second-order valence-corrected chi connectivity index (χ2v) is 2.82. The third-order valence-electron chi connectivity index (χ3n) is 1.37. The molecule has 0 bridgehead atoms. The number of hydrogen-bond donors (Lipinski definition) is 1. The van der Waals surface area contributed by atoms with E-state index in [0.29, 0.717) is 0 Å². The zero-order valence-corrected chi connectivity index (χ0v) is 6.60. The van der Waals surface area contributed by atoms with Gasteiger partial charge in [0.05, 0.1) is 5.52 Å². The van der Waals surface area contributed by atoms with Gasteiger partial charge in [-0.25, -0.2) is 0 Å². The van der Waals surface area contributed by atoms with Crippen LogP contribution in [0.2, 0.25) is 0 Å². The predicted octanol–water partition coefficient (Wildman–Crippen LogP) is 2.95. The Balaban J connectivity index is 2.90. The van der Waals surface area contributed by atoms with Crippen LogP contribution in [0.3, 0.4) is 0 Å². The van der Waals surface area contributed by atoms with Crippen LogP contribution >= 0.6 is 11.5 Å². The van der Waals surface area contributed by atoms with Crippen molar-refractivity contribution >= 4 is 22.6 Å². The van der Waals surface area contributed by atoms with Gasteiger partial charge in [-0.1, -0.05) is 23.7 Å². The lowest BCUT2D eigenvalue weighted by Crippen LogP contribution is -1.66. The van der Waals surface area contributed by atoms with Crippen molar-refractivity contribution in [1.29, 1.82) is 0 Å². The van der Waals surface area contributed by atoms with Crippen molar-refractivity contribution < 1.29 is 4.42 Å². The topological polar surface area (TPSA) is 28.9 Å². The maximum Gasteiger partial charge on any atom is 0.150 e. The van der Waals surface area contributed by atoms with E-state index in [4.69, 9.17) is 4.42 Å². The molecule has 11 heavy (non-hydrogen) atoms. The van der Waals surface area contributed by atoms with Crippen LogP contribution in [0, 0.1) is 0 Å². The molecule has 1 heterocycles. The highest BCUT2D eigenvalue weighted by Gasteiger charge is 1.87. The van der Waals surface area contributed by atoms with Crippen molar-refractivity contribution in [3.63, 3.8) is 0 Å². The van der Waals surface area contributed by atoms with Crippen molar-refractivity contribution in [1.82, 2.24) is 4.37 Å². The minimum Gasteiger partial charge on any atom is -0.462 e. The Kier molecular flexibility index (Phi) is 1.65. The van der Waals surface area contributed by atoms with Gasteiger partial charge in [-0.15, -0.1) is 0 Å². The number of H-pyrrole nitrogens is 1. The fourth-order valence-corrected chi connectivity index (χ4v) is 1.35. The number of para-hydroxylation sites is 2. The molecular formula is C8H7NOS. The molecular weight excluding hydrogens is 158 g/mol. The fraction of sp³-hybridized carbons (Fsp3) is 0. The third kappa shape index (κ3) is 1.28. The Morgan fingerprint density at radius 1 is 1.27 bits per heavy atom. The molecule has 0 radical (unpaired) electrons. The second-order valence-electron chi connectivity index (χ2n) is 2.11. The Labute approximate surface area is 67.9 Å². The van der Waals surface area contributed by atoms with Gasteiger partial charge in [-0.2, -0.15) is 0 Å². The van der Waals surface area contributed by atoms with Crippen LogP contribution < -0.4 is 0 Å². The summed E-state index contributed by atoms with van der Waals surface area (Å²) in [6.45, 7) is 0. The summed E-state index contributed by atoms with van der Waals surface area (Å²) < 4.78 is 8.41. The first-order valence-corrected chi connectivity index (χ1v) is 4.17. The molecule has 0 amide bonds. The molecule has 0 atom stereocenters. The highest BCUT2D eigenvalue weighted by atomic mass is 32.1. The summed E-state index contributed by atoms with van der Waals surface area (Å²) in [5.74, 6) is 0. The molecule has 0 aliphatic heterocycles. The van der Waals surface area contributed by atoms with E-state index in [1.165, 1.54) is 11.5 Å². The highest BCUT2D eigenvalue weighted by molar-refractivity contribution is 7.03. The molecule has 0 saturated carbocycles. The van der Waals surface area contributed by atoms with Gasteiger partial charge in [0.15, 0.2) is 5.58 Å². The first kappa shape index (κ1) is 6.49. The summed E-state index contributed by atoms with van der Waals surface area (Å²) in [5, 5.41) is 1.86. The first-order valence-electron chi connectivity index (χ1n) is 3.29. The van der Waals surface area contributed by atoms with E-state index >= 15 is 0 Å². The fourth-order valence-electron chi connectivity index (χ4n) is 0.880. The van der Waals surface area contributed by atoms with Gasteiger partial charge in [-0.05, 0) is 12.1 Å². The van der Waals surface area contributed by atoms with Crippen molar-refractivity contribution in [3.05, 3.63) is 35.9 Å². The van der Waals surface area contributed by atoms with E-state index < -0.39 is 0 Å². The molecule has 0 aliphatic rings. The minimum absolute atomic E-state index is 0.869. The summed E-state index contributed by atoms with van der Waals surface area (Å²) in [6, 6.07) is 7.83. The molecule has 2 nitrogen and oxygen atoms in total. The molecule has 0 saturated heterocycles. The van der Waals surface area contributed by atoms with Gasteiger partial charge in [0.2, 0.25) is 0 Å². The smallest absolute Gasteiger partial charge is 0.150 e. The van der Waals surface area contributed by atoms with Crippen molar-refractivity contribution in [3.8, 4) is 0 Å². The van der Waals surface area contributed by atoms with Gasteiger partial charge in [0.1, 0.15) is 6.26 Å². The van der Waals surface area contributed by atoms with E-state index in [-0.39, 0.29) is 0 Å². The quantitative estimate of drug-likeness (QED) is 0.638. The zero-order valence-electron chi connectivity index (χ0n) is 5.78.